The van der Waals surface area contributed by atoms with Crippen LogP contribution in [0.2, 0.25) is 0 Å². The summed E-state index contributed by atoms with van der Waals surface area (Å²) in [5, 5.41) is 17.2. The number of nitrogens with one attached hydrogen (secondary N) is 2. The highest BCUT2D eigenvalue weighted by atomic mass is 19.4. The number of aliphatic hydroxyl groups is 1. The Morgan fingerprint density at radius 1 is 0.956 bits per heavy atom. The molecule has 232 valence electrons. The fourth-order valence-electron chi connectivity index (χ4n) is 7.14. The minimum atomic E-state index is -4.94. The first-order chi connectivity index (χ1) is 21.5. The zero-order valence-corrected chi connectivity index (χ0v) is 25.2. The molecule has 5 aliphatic heterocycles. The van der Waals surface area contributed by atoms with Gasteiger partial charge in [0, 0.05) is 28.7 Å². The van der Waals surface area contributed by atoms with Crippen LogP contribution in [-0.2, 0) is 6.42 Å². The van der Waals surface area contributed by atoms with E-state index in [9.17, 15) is 5.11 Å². The first-order valence-corrected chi connectivity index (χ1v) is 15.4. The Hall–Kier alpha value is -4.37. The number of nitrogens with zero attached hydrogens (tertiary/aromatic N) is 2. The standard InChI is InChI=1S/C36H35F3N4O2/c1-22(2)33(24-6-5-23-4-3-15-45-32(23)16-24)35(44,36(37,38)39)21-34-14-13-30(43-34)19-29-10-9-26(41-29)17-25-7-8-27(40-25)18-28-11-12-31(20-34)42-28/h5-13,16-20,22,33,40,43-44H,3-4,14-15,21H2,1-2H3. The van der Waals surface area contributed by atoms with Crippen LogP contribution in [0.15, 0.2) is 99.9 Å². The number of fused-ring (bicyclic) bond motifs is 7. The van der Waals surface area contributed by atoms with Gasteiger partial charge in [0.25, 0.3) is 0 Å². The van der Waals surface area contributed by atoms with E-state index in [4.69, 9.17) is 9.73 Å². The van der Waals surface area contributed by atoms with E-state index in [2.05, 4.69) is 15.3 Å². The monoisotopic (exact) mass is 612 g/mol. The number of aryl methyl sites for hydroxylation is 1. The number of aliphatic imine (C=N–C) groups is 2. The van der Waals surface area contributed by atoms with Crippen molar-refractivity contribution in [2.75, 3.05) is 6.61 Å². The minimum Gasteiger partial charge on any atom is -0.493 e. The number of aromatic nitrogens is 1. The van der Waals surface area contributed by atoms with Crippen LogP contribution in [0.4, 0.5) is 13.2 Å². The summed E-state index contributed by atoms with van der Waals surface area (Å²) in [5.41, 5.74) is 0.274. The Morgan fingerprint density at radius 2 is 1.67 bits per heavy atom. The highest BCUT2D eigenvalue weighted by Gasteiger charge is 2.62. The number of rotatable bonds is 5. The lowest BCUT2D eigenvalue weighted by molar-refractivity contribution is -0.279. The molecule has 45 heavy (non-hydrogen) atoms. The van der Waals surface area contributed by atoms with Crippen LogP contribution in [0, 0.1) is 5.92 Å². The largest absolute Gasteiger partial charge is 0.493 e. The van der Waals surface area contributed by atoms with Gasteiger partial charge < -0.3 is 20.1 Å². The van der Waals surface area contributed by atoms with Crippen LogP contribution >= 0.6 is 0 Å². The number of allylic oxidation sites excluding steroid dienone is 5. The molecule has 0 saturated carbocycles. The second-order valence-electron chi connectivity index (χ2n) is 12.8. The lowest BCUT2D eigenvalue weighted by Crippen LogP contribution is -2.58. The summed E-state index contributed by atoms with van der Waals surface area (Å²) in [6.07, 6.45) is 13.0. The molecule has 5 aliphatic rings. The van der Waals surface area contributed by atoms with Crippen molar-refractivity contribution in [2.45, 2.75) is 62.8 Å². The molecule has 0 amide bonds. The lowest BCUT2D eigenvalue weighted by atomic mass is 9.68. The van der Waals surface area contributed by atoms with Crippen molar-refractivity contribution in [1.29, 1.82) is 0 Å². The normalized spacial score (nSPS) is 23.8. The topological polar surface area (TPSA) is 82.0 Å². The van der Waals surface area contributed by atoms with E-state index in [-0.39, 0.29) is 6.42 Å². The van der Waals surface area contributed by atoms with Crippen LogP contribution in [0.3, 0.4) is 0 Å². The number of H-pyrrole nitrogens is 1. The summed E-state index contributed by atoms with van der Waals surface area (Å²) in [6, 6.07) is 9.15. The second kappa shape index (κ2) is 10.9. The molecule has 3 unspecified atom stereocenters. The SMILES string of the molecule is CC(C)C(c1ccc2c(c1)OCCC2)C(O)(CC12C=C3C=CC(=N3)C=c3ccc([nH]3)=CC3=NC(=CC(=CC1)N2)C=C3)C(F)(F)F. The molecule has 0 aliphatic carbocycles. The first-order valence-electron chi connectivity index (χ1n) is 15.4. The van der Waals surface area contributed by atoms with Gasteiger partial charge in [0.05, 0.1) is 35.0 Å². The molecule has 2 aromatic rings. The van der Waals surface area contributed by atoms with Gasteiger partial charge in [-0.2, -0.15) is 13.2 Å². The smallest absolute Gasteiger partial charge is 0.417 e. The van der Waals surface area contributed by atoms with Gasteiger partial charge in [-0.1, -0.05) is 32.1 Å². The Labute approximate surface area is 259 Å². The molecule has 9 heteroatoms. The maximum atomic E-state index is 15.4. The van der Waals surface area contributed by atoms with E-state index < -0.39 is 35.6 Å². The Morgan fingerprint density at radius 3 is 2.38 bits per heavy atom. The van der Waals surface area contributed by atoms with Gasteiger partial charge in [-0.15, -0.1) is 0 Å². The number of ether oxygens (including phenoxy) is 1. The number of hydrogen-bond acceptors (Lipinski definition) is 5. The predicted molar refractivity (Wildman–Crippen MR) is 170 cm³/mol. The molecule has 3 N–H and O–H groups in total. The molecule has 1 aromatic carbocycles. The molecule has 0 fully saturated rings. The average molecular weight is 613 g/mol. The van der Waals surface area contributed by atoms with Gasteiger partial charge in [0.1, 0.15) is 5.75 Å². The van der Waals surface area contributed by atoms with Gasteiger partial charge in [-0.05, 0) is 103 Å². The zero-order chi connectivity index (χ0) is 31.4. The summed E-state index contributed by atoms with van der Waals surface area (Å²) in [6.45, 7) is 3.97. The molecule has 3 atom stereocenters. The fourth-order valence-corrected chi connectivity index (χ4v) is 7.14. The lowest BCUT2D eigenvalue weighted by Gasteiger charge is -2.45. The van der Waals surface area contributed by atoms with E-state index in [0.717, 1.165) is 34.8 Å². The van der Waals surface area contributed by atoms with E-state index in [1.165, 1.54) is 0 Å². The maximum absolute atomic E-state index is 15.4. The highest BCUT2D eigenvalue weighted by molar-refractivity contribution is 6.20. The molecule has 0 saturated heterocycles. The summed E-state index contributed by atoms with van der Waals surface area (Å²) in [5.74, 6) is -1.19. The third-order valence-corrected chi connectivity index (χ3v) is 9.07. The first kappa shape index (κ1) is 29.3. The Kier molecular flexibility index (Phi) is 7.11. The third-order valence-electron chi connectivity index (χ3n) is 9.07. The number of aromatic amines is 1. The summed E-state index contributed by atoms with van der Waals surface area (Å²) in [4.78, 5) is 12.7. The van der Waals surface area contributed by atoms with Crippen molar-refractivity contribution in [2.24, 2.45) is 15.9 Å². The fraction of sp³-hybridized carbons (Fsp3) is 0.333. The molecule has 0 spiro atoms. The van der Waals surface area contributed by atoms with Gasteiger partial charge in [0.2, 0.25) is 0 Å². The van der Waals surface area contributed by atoms with Gasteiger partial charge in [-0.25, -0.2) is 9.98 Å². The van der Waals surface area contributed by atoms with Crippen molar-refractivity contribution < 1.29 is 23.0 Å². The van der Waals surface area contributed by atoms with Gasteiger partial charge >= 0.3 is 6.18 Å². The molecule has 6 nitrogen and oxygen atoms in total. The maximum Gasteiger partial charge on any atom is 0.417 e. The minimum absolute atomic E-state index is 0.223. The average Bonchev–Trinajstić information content (AvgIpc) is 3.78. The van der Waals surface area contributed by atoms with E-state index >= 15 is 13.2 Å². The van der Waals surface area contributed by atoms with Gasteiger partial charge in [0.15, 0.2) is 5.60 Å². The molecule has 6 heterocycles. The van der Waals surface area contributed by atoms with Crippen LogP contribution in [0.25, 0.3) is 12.2 Å². The highest BCUT2D eigenvalue weighted by Crippen LogP contribution is 2.51. The van der Waals surface area contributed by atoms with Crippen LogP contribution < -0.4 is 20.8 Å². The Bertz CT molecular complexity index is 1890. The van der Waals surface area contributed by atoms with E-state index in [1.54, 1.807) is 38.1 Å². The van der Waals surface area contributed by atoms with E-state index in [0.29, 0.717) is 40.7 Å². The van der Waals surface area contributed by atoms with Crippen molar-refractivity contribution in [3.05, 3.63) is 112 Å². The number of alkyl halides is 3. The Balaban J connectivity index is 1.33. The number of halogens is 3. The summed E-state index contributed by atoms with van der Waals surface area (Å²) < 4.78 is 52.0. The van der Waals surface area contributed by atoms with Crippen molar-refractivity contribution >= 4 is 23.6 Å². The zero-order valence-electron chi connectivity index (χ0n) is 25.2. The van der Waals surface area contributed by atoms with Crippen molar-refractivity contribution in [3.63, 3.8) is 0 Å². The summed E-state index contributed by atoms with van der Waals surface area (Å²) in [7, 11) is 0. The molecular formula is C36H35F3N4O2. The molecule has 7 rings (SSSR count). The quantitative estimate of drug-likeness (QED) is 0.421. The molecular weight excluding hydrogens is 577 g/mol. The van der Waals surface area contributed by atoms with Crippen molar-refractivity contribution in [1.82, 2.24) is 10.3 Å². The van der Waals surface area contributed by atoms with Crippen LogP contribution in [0.5, 0.6) is 5.75 Å². The third kappa shape index (κ3) is 5.65. The van der Waals surface area contributed by atoms with Gasteiger partial charge in [-0.3, -0.25) is 0 Å². The van der Waals surface area contributed by atoms with Crippen molar-refractivity contribution in [3.8, 4) is 5.75 Å². The second-order valence-corrected chi connectivity index (χ2v) is 12.8. The number of hydrogen-bond donors (Lipinski definition) is 3. The number of benzene rings is 1. The van der Waals surface area contributed by atoms with Crippen LogP contribution in [0.1, 0.15) is 50.2 Å². The summed E-state index contributed by atoms with van der Waals surface area (Å²) >= 11 is 0. The van der Waals surface area contributed by atoms with E-state index in [1.807, 2.05) is 60.7 Å². The molecule has 1 aromatic heterocycles. The predicted octanol–water partition coefficient (Wildman–Crippen LogP) is 5.44. The van der Waals surface area contributed by atoms with Crippen LogP contribution in [-0.4, -0.2) is 45.4 Å². The molecule has 0 radical (unpaired) electrons. The molecule has 8 bridgehead atoms.